The standard InChI is InChI=1S/C10H12BrNO4S/c1-2-16-10(13)5-7(6-12(14)15)8-3-4-9(11)17-8/h3-4,7H,2,5-6H2,1H3. The van der Waals surface area contributed by atoms with E-state index in [1.54, 1.807) is 13.0 Å². The van der Waals surface area contributed by atoms with E-state index in [1.165, 1.54) is 11.3 Å². The van der Waals surface area contributed by atoms with Gasteiger partial charge in [-0.3, -0.25) is 14.9 Å². The second-order valence-corrected chi connectivity index (χ2v) is 5.86. The lowest BCUT2D eigenvalue weighted by molar-refractivity contribution is -0.483. The van der Waals surface area contributed by atoms with Crippen LogP contribution in [0.15, 0.2) is 15.9 Å². The number of rotatable bonds is 6. The number of hydrogen-bond donors (Lipinski definition) is 0. The highest BCUT2D eigenvalue weighted by atomic mass is 79.9. The fraction of sp³-hybridized carbons (Fsp3) is 0.500. The lowest BCUT2D eigenvalue weighted by Crippen LogP contribution is -2.17. The molecule has 0 aliphatic rings. The molecule has 0 aliphatic heterocycles. The summed E-state index contributed by atoms with van der Waals surface area (Å²) >= 11 is 4.70. The van der Waals surface area contributed by atoms with Gasteiger partial charge in [-0.2, -0.15) is 0 Å². The van der Waals surface area contributed by atoms with Crippen LogP contribution in [0.3, 0.4) is 0 Å². The fourth-order valence-electron chi connectivity index (χ4n) is 1.40. The molecule has 94 valence electrons. The molecule has 0 fully saturated rings. The van der Waals surface area contributed by atoms with Gasteiger partial charge in [-0.05, 0) is 35.0 Å². The van der Waals surface area contributed by atoms with Gasteiger partial charge in [0.15, 0.2) is 0 Å². The first-order chi connectivity index (χ1) is 8.02. The average Bonchev–Trinajstić information content (AvgIpc) is 2.63. The van der Waals surface area contributed by atoms with Crippen molar-refractivity contribution < 1.29 is 14.5 Å². The van der Waals surface area contributed by atoms with Crippen LogP contribution >= 0.6 is 27.3 Å². The van der Waals surface area contributed by atoms with Crippen LogP contribution in [0, 0.1) is 10.1 Å². The van der Waals surface area contributed by atoms with Crippen LogP contribution in [-0.4, -0.2) is 24.0 Å². The summed E-state index contributed by atoms with van der Waals surface area (Å²) < 4.78 is 5.71. The summed E-state index contributed by atoms with van der Waals surface area (Å²) in [6, 6.07) is 3.61. The van der Waals surface area contributed by atoms with Crippen LogP contribution in [-0.2, 0) is 9.53 Å². The zero-order valence-electron chi connectivity index (χ0n) is 9.22. The van der Waals surface area contributed by atoms with Crippen LogP contribution in [0.4, 0.5) is 0 Å². The molecule has 1 aromatic rings. The first kappa shape index (κ1) is 14.1. The highest BCUT2D eigenvalue weighted by Gasteiger charge is 2.23. The first-order valence-corrected chi connectivity index (χ1v) is 6.66. The van der Waals surface area contributed by atoms with Gasteiger partial charge in [-0.15, -0.1) is 11.3 Å². The molecule has 1 atom stereocenters. The predicted molar refractivity (Wildman–Crippen MR) is 67.9 cm³/mol. The maximum absolute atomic E-state index is 11.4. The second-order valence-electron chi connectivity index (χ2n) is 3.36. The Balaban J connectivity index is 2.73. The van der Waals surface area contributed by atoms with E-state index in [2.05, 4.69) is 15.9 Å². The maximum atomic E-state index is 11.4. The van der Waals surface area contributed by atoms with E-state index in [1.807, 2.05) is 6.07 Å². The molecule has 0 N–H and O–H groups in total. The largest absolute Gasteiger partial charge is 0.466 e. The normalized spacial score (nSPS) is 12.1. The summed E-state index contributed by atoms with van der Waals surface area (Å²) in [6.45, 7) is 1.74. The van der Waals surface area contributed by atoms with Gasteiger partial charge in [0.1, 0.15) is 0 Å². The van der Waals surface area contributed by atoms with E-state index in [0.29, 0.717) is 0 Å². The summed E-state index contributed by atoms with van der Waals surface area (Å²) in [5.74, 6) is -0.816. The maximum Gasteiger partial charge on any atom is 0.306 e. The molecular weight excluding hydrogens is 310 g/mol. The zero-order chi connectivity index (χ0) is 12.8. The van der Waals surface area contributed by atoms with Crippen molar-refractivity contribution in [1.82, 2.24) is 0 Å². The Hall–Kier alpha value is -0.950. The van der Waals surface area contributed by atoms with Crippen LogP contribution in [0.25, 0.3) is 0 Å². The van der Waals surface area contributed by atoms with Gasteiger partial charge in [-0.1, -0.05) is 0 Å². The van der Waals surface area contributed by atoms with Crippen molar-refractivity contribution in [3.8, 4) is 0 Å². The summed E-state index contributed by atoms with van der Waals surface area (Å²) in [5, 5.41) is 10.6. The number of ether oxygens (including phenoxy) is 1. The monoisotopic (exact) mass is 321 g/mol. The van der Waals surface area contributed by atoms with Gasteiger partial charge in [-0.25, -0.2) is 0 Å². The summed E-state index contributed by atoms with van der Waals surface area (Å²) in [7, 11) is 0. The Bertz CT molecular complexity index is 407. The molecule has 1 heterocycles. The summed E-state index contributed by atoms with van der Waals surface area (Å²) in [6.07, 6.45) is 0.0434. The molecule has 0 amide bonds. The van der Waals surface area contributed by atoms with Gasteiger partial charge in [0.25, 0.3) is 0 Å². The minimum atomic E-state index is -0.416. The van der Waals surface area contributed by atoms with E-state index in [0.717, 1.165) is 8.66 Å². The quantitative estimate of drug-likeness (QED) is 0.459. The van der Waals surface area contributed by atoms with Crippen LogP contribution in [0.2, 0.25) is 0 Å². The molecule has 0 aromatic carbocycles. The lowest BCUT2D eigenvalue weighted by Gasteiger charge is -2.09. The van der Waals surface area contributed by atoms with Gasteiger partial charge in [0.2, 0.25) is 6.54 Å². The zero-order valence-corrected chi connectivity index (χ0v) is 11.6. The van der Waals surface area contributed by atoms with Crippen molar-refractivity contribution in [1.29, 1.82) is 0 Å². The number of halogens is 1. The minimum Gasteiger partial charge on any atom is -0.466 e. The molecular formula is C10H12BrNO4S. The van der Waals surface area contributed by atoms with E-state index in [-0.39, 0.29) is 19.6 Å². The Morgan fingerprint density at radius 2 is 2.35 bits per heavy atom. The van der Waals surface area contributed by atoms with Gasteiger partial charge < -0.3 is 4.74 Å². The van der Waals surface area contributed by atoms with Crippen LogP contribution < -0.4 is 0 Å². The van der Waals surface area contributed by atoms with E-state index < -0.39 is 16.8 Å². The first-order valence-electron chi connectivity index (χ1n) is 5.05. The van der Waals surface area contributed by atoms with Crippen LogP contribution in [0.1, 0.15) is 24.1 Å². The van der Waals surface area contributed by atoms with Gasteiger partial charge >= 0.3 is 5.97 Å². The molecule has 17 heavy (non-hydrogen) atoms. The van der Waals surface area contributed by atoms with Crippen molar-refractivity contribution >= 4 is 33.2 Å². The molecule has 1 unspecified atom stereocenters. The van der Waals surface area contributed by atoms with Crippen molar-refractivity contribution in [2.75, 3.05) is 13.2 Å². The molecule has 0 saturated carbocycles. The van der Waals surface area contributed by atoms with E-state index in [9.17, 15) is 14.9 Å². The summed E-state index contributed by atoms with van der Waals surface area (Å²) in [5.41, 5.74) is 0. The Morgan fingerprint density at radius 1 is 1.65 bits per heavy atom. The lowest BCUT2D eigenvalue weighted by atomic mass is 10.0. The van der Waals surface area contributed by atoms with Crippen molar-refractivity contribution in [2.45, 2.75) is 19.3 Å². The highest BCUT2D eigenvalue weighted by Crippen LogP contribution is 2.30. The van der Waals surface area contributed by atoms with E-state index in [4.69, 9.17) is 4.74 Å². The number of hydrogen-bond acceptors (Lipinski definition) is 5. The molecule has 0 saturated heterocycles. The van der Waals surface area contributed by atoms with Gasteiger partial charge in [0, 0.05) is 9.80 Å². The minimum absolute atomic E-state index is 0.0434. The predicted octanol–water partition coefficient (Wildman–Crippen LogP) is 2.82. The third kappa shape index (κ3) is 4.82. The molecule has 1 aromatic heterocycles. The van der Waals surface area contributed by atoms with Crippen molar-refractivity contribution in [3.05, 3.63) is 30.9 Å². The third-order valence-corrected chi connectivity index (χ3v) is 3.87. The smallest absolute Gasteiger partial charge is 0.306 e. The molecule has 7 heteroatoms. The van der Waals surface area contributed by atoms with E-state index >= 15 is 0 Å². The van der Waals surface area contributed by atoms with Crippen molar-refractivity contribution in [3.63, 3.8) is 0 Å². The Morgan fingerprint density at radius 3 is 2.82 bits per heavy atom. The number of carbonyl (C=O) groups is 1. The van der Waals surface area contributed by atoms with Crippen LogP contribution in [0.5, 0.6) is 0 Å². The number of esters is 1. The molecule has 0 radical (unpaired) electrons. The highest BCUT2D eigenvalue weighted by molar-refractivity contribution is 9.11. The van der Waals surface area contributed by atoms with Gasteiger partial charge in [0.05, 0.1) is 22.7 Å². The second kappa shape index (κ2) is 6.70. The molecule has 0 bridgehead atoms. The summed E-state index contributed by atoms with van der Waals surface area (Å²) in [4.78, 5) is 22.4. The Labute approximate surface area is 111 Å². The number of nitrogens with zero attached hydrogens (tertiary/aromatic N) is 1. The SMILES string of the molecule is CCOC(=O)CC(C[N+](=O)[O-])c1ccc(Br)s1. The number of thiophene rings is 1. The topological polar surface area (TPSA) is 69.4 Å². The number of nitro groups is 1. The fourth-order valence-corrected chi connectivity index (χ4v) is 2.92. The molecule has 0 spiro atoms. The van der Waals surface area contributed by atoms with Crippen molar-refractivity contribution in [2.24, 2.45) is 0 Å². The average molecular weight is 322 g/mol. The Kier molecular flexibility index (Phi) is 5.57. The molecule has 0 aliphatic carbocycles. The molecule has 1 rings (SSSR count). The number of carbonyl (C=O) groups excluding carboxylic acids is 1. The molecule has 5 nitrogen and oxygen atoms in total. The third-order valence-electron chi connectivity index (χ3n) is 2.08.